The van der Waals surface area contributed by atoms with E-state index >= 15 is 0 Å². The third-order valence-corrected chi connectivity index (χ3v) is 1.12. The van der Waals surface area contributed by atoms with Gasteiger partial charge in [0, 0.05) is 6.42 Å². The Morgan fingerprint density at radius 3 is 2.67 bits per heavy atom. The van der Waals surface area contributed by atoms with Gasteiger partial charge in [-0.05, 0) is 25.5 Å². The van der Waals surface area contributed by atoms with Crippen LogP contribution in [0.15, 0.2) is 12.2 Å². The van der Waals surface area contributed by atoms with Gasteiger partial charge < -0.3 is 0 Å². The van der Waals surface area contributed by atoms with Crippen molar-refractivity contribution in [3.05, 3.63) is 12.2 Å². The molecule has 0 aliphatic rings. The second-order valence-corrected chi connectivity index (χ2v) is 2.25. The molecule has 0 aliphatic carbocycles. The van der Waals surface area contributed by atoms with Crippen LogP contribution < -0.4 is 0 Å². The van der Waals surface area contributed by atoms with Crippen molar-refractivity contribution in [2.75, 3.05) is 0 Å². The quantitative estimate of drug-likeness (QED) is 0.552. The second kappa shape index (κ2) is 5.76. The summed E-state index contributed by atoms with van der Waals surface area (Å²) in [6.45, 7) is 2.06. The Labute approximate surface area is 61.6 Å². The third-order valence-electron chi connectivity index (χ3n) is 0.917. The smallest absolute Gasteiger partial charge is 0.219 e. The average Bonchev–Trinajstić information content (AvgIpc) is 1.80. The van der Waals surface area contributed by atoms with E-state index in [-0.39, 0.29) is 5.12 Å². The lowest BCUT2D eigenvalue weighted by Crippen LogP contribution is -1.81. The van der Waals surface area contributed by atoms with E-state index in [1.807, 2.05) is 12.2 Å². The molecule has 0 saturated carbocycles. The maximum Gasteiger partial charge on any atom is 0.219 e. The van der Waals surface area contributed by atoms with Crippen molar-refractivity contribution in [2.45, 2.75) is 26.2 Å². The van der Waals surface area contributed by atoms with Gasteiger partial charge in [0.05, 0.1) is 0 Å². The zero-order chi connectivity index (χ0) is 7.11. The number of carbonyl (C=O) groups excluding carboxylic acids is 1. The minimum atomic E-state index is -0.143. The molecule has 0 N–H and O–H groups in total. The molecule has 1 nitrogen and oxygen atoms in total. The molecule has 0 heterocycles. The van der Waals surface area contributed by atoms with Gasteiger partial charge in [-0.15, -0.1) is 0 Å². The van der Waals surface area contributed by atoms with Crippen molar-refractivity contribution in [1.82, 2.24) is 0 Å². The first kappa shape index (κ1) is 8.63. The molecule has 0 bridgehead atoms. The number of hydrogen-bond donors (Lipinski definition) is 0. The fourth-order valence-electron chi connectivity index (χ4n) is 0.486. The van der Waals surface area contributed by atoms with Crippen LogP contribution in [-0.2, 0) is 4.79 Å². The van der Waals surface area contributed by atoms with Crippen LogP contribution in [0.25, 0.3) is 0 Å². The summed E-state index contributed by atoms with van der Waals surface area (Å²) < 4.78 is 0. The van der Waals surface area contributed by atoms with E-state index in [1.54, 1.807) is 0 Å². The fourth-order valence-corrected chi connectivity index (χ4v) is 0.604. The summed E-state index contributed by atoms with van der Waals surface area (Å²) in [4.78, 5) is 10.2. The average molecular weight is 143 g/mol. The molecule has 0 spiro atoms. The van der Waals surface area contributed by atoms with E-state index in [4.69, 9.17) is 0 Å². The van der Waals surface area contributed by atoms with Crippen LogP contribution >= 0.6 is 12.6 Å². The molecule has 0 aliphatic heterocycles. The van der Waals surface area contributed by atoms with E-state index in [0.717, 1.165) is 12.8 Å². The van der Waals surface area contributed by atoms with E-state index < -0.39 is 0 Å². The van der Waals surface area contributed by atoms with E-state index in [0.29, 0.717) is 6.42 Å². The molecule has 2 heteroatoms. The summed E-state index contributed by atoms with van der Waals surface area (Å²) >= 11 is 4.36. The Hall–Kier alpha value is -0.370. The van der Waals surface area contributed by atoms with Gasteiger partial charge in [-0.1, -0.05) is 19.1 Å². The SMILES string of the molecule is CCC=CCCC(=O)[S]. The third kappa shape index (κ3) is 7.63. The highest BCUT2D eigenvalue weighted by atomic mass is 32.1. The molecule has 0 aromatic heterocycles. The first-order valence-electron chi connectivity index (χ1n) is 3.12. The molecular formula is C7H11OS. The highest BCUT2D eigenvalue weighted by Gasteiger charge is 1.89. The first-order valence-corrected chi connectivity index (χ1v) is 3.53. The van der Waals surface area contributed by atoms with Gasteiger partial charge >= 0.3 is 0 Å². The van der Waals surface area contributed by atoms with Gasteiger partial charge in [0.2, 0.25) is 5.12 Å². The molecule has 0 amide bonds. The summed E-state index contributed by atoms with van der Waals surface area (Å²) in [5, 5.41) is -0.143. The second-order valence-electron chi connectivity index (χ2n) is 1.79. The Balaban J connectivity index is 3.09. The molecule has 0 saturated heterocycles. The van der Waals surface area contributed by atoms with Gasteiger partial charge in [0.1, 0.15) is 0 Å². The van der Waals surface area contributed by atoms with Gasteiger partial charge in [0.25, 0.3) is 0 Å². The highest BCUT2D eigenvalue weighted by molar-refractivity contribution is 7.96. The first-order chi connectivity index (χ1) is 4.27. The van der Waals surface area contributed by atoms with Crippen LogP contribution in [0.4, 0.5) is 0 Å². The van der Waals surface area contributed by atoms with Crippen LogP contribution in [0, 0.1) is 0 Å². The van der Waals surface area contributed by atoms with Crippen molar-refractivity contribution in [1.29, 1.82) is 0 Å². The van der Waals surface area contributed by atoms with Crippen molar-refractivity contribution in [2.24, 2.45) is 0 Å². The van der Waals surface area contributed by atoms with Crippen LogP contribution in [-0.4, -0.2) is 5.12 Å². The summed E-state index contributed by atoms with van der Waals surface area (Å²) in [7, 11) is 0. The van der Waals surface area contributed by atoms with Crippen LogP contribution in [0.3, 0.4) is 0 Å². The zero-order valence-corrected chi connectivity index (χ0v) is 6.41. The van der Waals surface area contributed by atoms with E-state index in [2.05, 4.69) is 19.6 Å². The summed E-state index contributed by atoms with van der Waals surface area (Å²) in [5.74, 6) is 0. The minimum absolute atomic E-state index is 0.143. The van der Waals surface area contributed by atoms with Crippen molar-refractivity contribution >= 4 is 17.7 Å². The highest BCUT2D eigenvalue weighted by Crippen LogP contribution is 1.95. The minimum Gasteiger partial charge on any atom is -0.282 e. The molecule has 51 valence electrons. The van der Waals surface area contributed by atoms with Crippen LogP contribution in [0.2, 0.25) is 0 Å². The Morgan fingerprint density at radius 1 is 1.56 bits per heavy atom. The van der Waals surface area contributed by atoms with Crippen molar-refractivity contribution < 1.29 is 4.79 Å². The van der Waals surface area contributed by atoms with Crippen molar-refractivity contribution in [3.8, 4) is 0 Å². The van der Waals surface area contributed by atoms with E-state index in [9.17, 15) is 4.79 Å². The molecule has 0 atom stereocenters. The van der Waals surface area contributed by atoms with Gasteiger partial charge in [0.15, 0.2) is 0 Å². The van der Waals surface area contributed by atoms with Crippen molar-refractivity contribution in [3.63, 3.8) is 0 Å². The Bertz CT molecular complexity index is 107. The Morgan fingerprint density at radius 2 is 2.22 bits per heavy atom. The molecule has 0 aromatic carbocycles. The predicted octanol–water partition coefficient (Wildman–Crippen LogP) is 2.46. The van der Waals surface area contributed by atoms with Gasteiger partial charge in [-0.2, -0.15) is 0 Å². The maximum absolute atomic E-state index is 10.2. The number of allylic oxidation sites excluding steroid dienone is 2. The fraction of sp³-hybridized carbons (Fsp3) is 0.571. The maximum atomic E-state index is 10.2. The van der Waals surface area contributed by atoms with Gasteiger partial charge in [-0.25, -0.2) is 0 Å². The lowest BCUT2D eigenvalue weighted by Gasteiger charge is -1.84. The monoisotopic (exact) mass is 143 g/mol. The normalized spacial score (nSPS) is 10.3. The molecule has 0 rings (SSSR count). The van der Waals surface area contributed by atoms with E-state index in [1.165, 1.54) is 0 Å². The number of rotatable bonds is 4. The predicted molar refractivity (Wildman–Crippen MR) is 41.3 cm³/mol. The number of carbonyl (C=O) groups is 1. The van der Waals surface area contributed by atoms with Crippen LogP contribution in [0.5, 0.6) is 0 Å². The molecule has 1 radical (unpaired) electrons. The molecule has 0 unspecified atom stereocenters. The molecule has 0 aromatic rings. The molecule has 9 heavy (non-hydrogen) atoms. The van der Waals surface area contributed by atoms with Crippen LogP contribution in [0.1, 0.15) is 26.2 Å². The summed E-state index contributed by atoms with van der Waals surface area (Å²) in [6.07, 6.45) is 6.37. The lowest BCUT2D eigenvalue weighted by atomic mass is 10.3. The number of hydrogen-bond acceptors (Lipinski definition) is 1. The lowest BCUT2D eigenvalue weighted by molar-refractivity contribution is -0.110. The molecule has 0 fully saturated rings. The largest absolute Gasteiger partial charge is 0.282 e. The Kier molecular flexibility index (Phi) is 5.52. The summed E-state index contributed by atoms with van der Waals surface area (Å²) in [5.41, 5.74) is 0. The zero-order valence-electron chi connectivity index (χ0n) is 5.59. The standard InChI is InChI=1S/C7H11OS/c1-2-3-4-5-6-7(8)9/h3-4H,2,5-6H2,1H3. The van der Waals surface area contributed by atoms with Gasteiger partial charge in [-0.3, -0.25) is 4.79 Å². The topological polar surface area (TPSA) is 17.1 Å². The summed E-state index contributed by atoms with van der Waals surface area (Å²) in [6, 6.07) is 0. The molecular weight excluding hydrogens is 132 g/mol.